The molecule has 0 radical (unpaired) electrons. The van der Waals surface area contributed by atoms with E-state index in [1.807, 2.05) is 0 Å². The highest BCUT2D eigenvalue weighted by molar-refractivity contribution is 6.03. The Kier molecular flexibility index (Phi) is 2.28. The predicted octanol–water partition coefficient (Wildman–Crippen LogP) is 2.12. The maximum absolute atomic E-state index is 13.9. The van der Waals surface area contributed by atoms with Gasteiger partial charge in [-0.2, -0.15) is 0 Å². The molecule has 19 heavy (non-hydrogen) atoms. The molecule has 0 saturated heterocycles. The minimum Gasteiger partial charge on any atom is -0.353 e. The van der Waals surface area contributed by atoms with Crippen LogP contribution < -0.4 is 5.43 Å². The molecular weight excluding hydrogens is 253 g/mol. The van der Waals surface area contributed by atoms with E-state index in [4.69, 9.17) is 0 Å². The summed E-state index contributed by atoms with van der Waals surface area (Å²) in [6, 6.07) is 4.09. The van der Waals surface area contributed by atoms with E-state index in [0.29, 0.717) is 0 Å². The number of hydrogen-bond acceptors (Lipinski definition) is 4. The van der Waals surface area contributed by atoms with Crippen molar-refractivity contribution >= 4 is 27.5 Å². The third kappa shape index (κ3) is 1.55. The molecule has 2 aromatic heterocycles. The van der Waals surface area contributed by atoms with Gasteiger partial charge in [-0.1, -0.05) is 0 Å². The fraction of sp³-hybridized carbons (Fsp3) is 0. The van der Waals surface area contributed by atoms with Crippen LogP contribution in [0.2, 0.25) is 0 Å². The third-order valence-electron chi connectivity index (χ3n) is 2.87. The Labute approximate surface area is 104 Å². The van der Waals surface area contributed by atoms with Crippen molar-refractivity contribution in [2.45, 2.75) is 0 Å². The minimum atomic E-state index is -0.829. The first kappa shape index (κ1) is 11.3. The number of benzene rings is 1. The molecule has 0 spiro atoms. The number of pyridine rings is 2. The zero-order chi connectivity index (χ0) is 13.6. The molecule has 0 fully saturated rings. The van der Waals surface area contributed by atoms with Crippen molar-refractivity contribution in [3.63, 3.8) is 0 Å². The van der Waals surface area contributed by atoms with E-state index < -0.39 is 21.9 Å². The molecule has 0 bridgehead atoms. The lowest BCUT2D eigenvalue weighted by Gasteiger charge is -2.03. The minimum absolute atomic E-state index is 0.0853. The quantitative estimate of drug-likeness (QED) is 0.412. The smallest absolute Gasteiger partial charge is 0.332 e. The Morgan fingerprint density at radius 2 is 2.16 bits per heavy atom. The number of nitrogens with one attached hydrogen (secondary N) is 1. The van der Waals surface area contributed by atoms with Gasteiger partial charge in [0, 0.05) is 11.6 Å². The van der Waals surface area contributed by atoms with Crippen molar-refractivity contribution in [3.05, 3.63) is 56.7 Å². The van der Waals surface area contributed by atoms with E-state index >= 15 is 0 Å². The summed E-state index contributed by atoms with van der Waals surface area (Å²) in [5.74, 6) is -0.637. The van der Waals surface area contributed by atoms with Crippen LogP contribution in [-0.2, 0) is 0 Å². The molecule has 0 atom stereocenters. The van der Waals surface area contributed by atoms with E-state index in [0.717, 1.165) is 12.3 Å². The second kappa shape index (κ2) is 3.84. The summed E-state index contributed by atoms with van der Waals surface area (Å²) in [6.45, 7) is 0. The van der Waals surface area contributed by atoms with Crippen LogP contribution in [0, 0.1) is 15.9 Å². The molecule has 1 aromatic carbocycles. The standard InChI is InChI=1S/C12H6FN3O3/c13-8-4-7-11(10-6(8)2-1-3-14-10)15-5-9(12(7)17)16(18)19/h1-5H,(H,15,17). The van der Waals surface area contributed by atoms with Gasteiger partial charge in [-0.25, -0.2) is 4.39 Å². The normalized spacial score (nSPS) is 11.0. The van der Waals surface area contributed by atoms with Crippen LogP contribution in [-0.4, -0.2) is 14.9 Å². The fourth-order valence-electron chi connectivity index (χ4n) is 2.01. The number of fused-ring (bicyclic) bond motifs is 3. The van der Waals surface area contributed by atoms with Gasteiger partial charge >= 0.3 is 5.69 Å². The van der Waals surface area contributed by atoms with Crippen LogP contribution in [0.25, 0.3) is 21.8 Å². The van der Waals surface area contributed by atoms with E-state index in [9.17, 15) is 19.3 Å². The molecule has 3 rings (SSSR count). The first-order chi connectivity index (χ1) is 9.09. The average Bonchev–Trinajstić information content (AvgIpc) is 2.40. The van der Waals surface area contributed by atoms with Gasteiger partial charge in [-0.3, -0.25) is 19.9 Å². The van der Waals surface area contributed by atoms with Crippen LogP contribution >= 0.6 is 0 Å². The zero-order valence-electron chi connectivity index (χ0n) is 9.38. The number of rotatable bonds is 1. The summed E-state index contributed by atoms with van der Waals surface area (Å²) in [4.78, 5) is 28.4. The second-order valence-electron chi connectivity index (χ2n) is 3.94. The lowest BCUT2D eigenvalue weighted by Crippen LogP contribution is -2.09. The summed E-state index contributed by atoms with van der Waals surface area (Å²) in [5, 5.41) is 10.9. The van der Waals surface area contributed by atoms with Gasteiger partial charge in [0.15, 0.2) is 0 Å². The molecule has 2 heterocycles. The molecule has 0 aliphatic heterocycles. The Hall–Kier alpha value is -2.83. The van der Waals surface area contributed by atoms with Crippen molar-refractivity contribution in [2.75, 3.05) is 0 Å². The van der Waals surface area contributed by atoms with Gasteiger partial charge in [0.05, 0.1) is 27.5 Å². The largest absolute Gasteiger partial charge is 0.353 e. The number of halogens is 1. The van der Waals surface area contributed by atoms with Gasteiger partial charge < -0.3 is 4.98 Å². The average molecular weight is 259 g/mol. The first-order valence-corrected chi connectivity index (χ1v) is 5.32. The molecule has 6 nitrogen and oxygen atoms in total. The molecule has 0 unspecified atom stereocenters. The molecular formula is C12H6FN3O3. The van der Waals surface area contributed by atoms with E-state index in [-0.39, 0.29) is 21.8 Å². The molecule has 0 aliphatic carbocycles. The monoisotopic (exact) mass is 259 g/mol. The van der Waals surface area contributed by atoms with Crippen molar-refractivity contribution < 1.29 is 9.31 Å². The number of H-pyrrole nitrogens is 1. The summed E-state index contributed by atoms with van der Waals surface area (Å²) >= 11 is 0. The summed E-state index contributed by atoms with van der Waals surface area (Å²) < 4.78 is 13.9. The van der Waals surface area contributed by atoms with E-state index in [1.165, 1.54) is 12.3 Å². The molecule has 7 heteroatoms. The summed E-state index contributed by atoms with van der Waals surface area (Å²) in [5.41, 5.74) is -0.899. The van der Waals surface area contributed by atoms with Crippen molar-refractivity contribution in [3.8, 4) is 0 Å². The van der Waals surface area contributed by atoms with Crippen LogP contribution in [0.15, 0.2) is 35.4 Å². The van der Waals surface area contributed by atoms with E-state index in [2.05, 4.69) is 9.97 Å². The Balaban J connectivity index is 2.57. The maximum Gasteiger partial charge on any atom is 0.332 e. The number of aromatic amines is 1. The first-order valence-electron chi connectivity index (χ1n) is 5.32. The van der Waals surface area contributed by atoms with Crippen LogP contribution in [0.5, 0.6) is 0 Å². The zero-order valence-corrected chi connectivity index (χ0v) is 9.38. The molecule has 0 amide bonds. The summed E-state index contributed by atoms with van der Waals surface area (Å²) in [6.07, 6.45) is 2.46. The van der Waals surface area contributed by atoms with Crippen LogP contribution in [0.3, 0.4) is 0 Å². The fourth-order valence-corrected chi connectivity index (χ4v) is 2.01. The Bertz CT molecular complexity index is 888. The van der Waals surface area contributed by atoms with Crippen molar-refractivity contribution in [2.24, 2.45) is 0 Å². The van der Waals surface area contributed by atoms with Gasteiger partial charge in [0.1, 0.15) is 5.82 Å². The van der Waals surface area contributed by atoms with Crippen LogP contribution in [0.4, 0.5) is 10.1 Å². The highest BCUT2D eigenvalue weighted by Gasteiger charge is 2.17. The van der Waals surface area contributed by atoms with Gasteiger partial charge in [-0.15, -0.1) is 0 Å². The van der Waals surface area contributed by atoms with Gasteiger partial charge in [-0.05, 0) is 18.2 Å². The van der Waals surface area contributed by atoms with Crippen LogP contribution in [0.1, 0.15) is 0 Å². The third-order valence-corrected chi connectivity index (χ3v) is 2.87. The van der Waals surface area contributed by atoms with Gasteiger partial charge in [0.25, 0.3) is 5.43 Å². The Morgan fingerprint density at radius 1 is 1.37 bits per heavy atom. The number of hydrogen-bond donors (Lipinski definition) is 1. The Morgan fingerprint density at radius 3 is 2.89 bits per heavy atom. The number of nitrogens with zero attached hydrogens (tertiary/aromatic N) is 2. The van der Waals surface area contributed by atoms with Crippen molar-refractivity contribution in [1.82, 2.24) is 9.97 Å². The molecule has 3 aromatic rings. The number of aromatic nitrogens is 2. The molecule has 1 N–H and O–H groups in total. The van der Waals surface area contributed by atoms with E-state index in [1.54, 1.807) is 6.07 Å². The summed E-state index contributed by atoms with van der Waals surface area (Å²) in [7, 11) is 0. The highest BCUT2D eigenvalue weighted by atomic mass is 19.1. The molecule has 0 aliphatic rings. The SMILES string of the molecule is O=c1c([N+](=O)[O-])c[nH]c2c1cc(F)c1cccnc12. The molecule has 0 saturated carbocycles. The number of nitro groups is 1. The molecule has 94 valence electrons. The highest BCUT2D eigenvalue weighted by Crippen LogP contribution is 2.23. The van der Waals surface area contributed by atoms with Gasteiger partial charge in [0.2, 0.25) is 0 Å². The lowest BCUT2D eigenvalue weighted by molar-refractivity contribution is -0.386. The second-order valence-corrected chi connectivity index (χ2v) is 3.94. The predicted molar refractivity (Wildman–Crippen MR) is 66.5 cm³/mol. The lowest BCUT2D eigenvalue weighted by atomic mass is 10.1. The van der Waals surface area contributed by atoms with Crippen molar-refractivity contribution in [1.29, 1.82) is 0 Å². The maximum atomic E-state index is 13.9. The topological polar surface area (TPSA) is 88.9 Å².